The van der Waals surface area contributed by atoms with E-state index in [9.17, 15) is 9.59 Å². The number of carbonyl (C=O) groups is 2. The standard InChI is InChI=1S/C17H22ClNO3/c1-12(10-15(20)21)19-16(22)17(8-3-2-4-9-17)13-6-5-7-14(18)11-13/h5-7,11-12H,2-4,8-10H2,1H3,(H,19,22)(H,20,21). The summed E-state index contributed by atoms with van der Waals surface area (Å²) in [7, 11) is 0. The first kappa shape index (κ1) is 16.8. The Hall–Kier alpha value is -1.55. The van der Waals surface area contributed by atoms with E-state index in [1.54, 1.807) is 13.0 Å². The van der Waals surface area contributed by atoms with Crippen LogP contribution in [0.25, 0.3) is 0 Å². The zero-order valence-corrected chi connectivity index (χ0v) is 13.5. The largest absolute Gasteiger partial charge is 0.481 e. The van der Waals surface area contributed by atoms with Gasteiger partial charge in [0, 0.05) is 11.1 Å². The molecule has 1 unspecified atom stereocenters. The lowest BCUT2D eigenvalue weighted by Gasteiger charge is -2.37. The summed E-state index contributed by atoms with van der Waals surface area (Å²) < 4.78 is 0. The van der Waals surface area contributed by atoms with E-state index in [4.69, 9.17) is 16.7 Å². The molecule has 0 saturated heterocycles. The molecular formula is C17H22ClNO3. The van der Waals surface area contributed by atoms with Crippen molar-refractivity contribution in [1.29, 1.82) is 0 Å². The maximum absolute atomic E-state index is 12.9. The van der Waals surface area contributed by atoms with Gasteiger partial charge in [0.1, 0.15) is 0 Å². The first-order chi connectivity index (χ1) is 10.4. The lowest BCUT2D eigenvalue weighted by molar-refractivity contribution is -0.137. The van der Waals surface area contributed by atoms with Gasteiger partial charge < -0.3 is 10.4 Å². The first-order valence-electron chi connectivity index (χ1n) is 7.73. The summed E-state index contributed by atoms with van der Waals surface area (Å²) in [6.45, 7) is 1.72. The van der Waals surface area contributed by atoms with E-state index in [1.165, 1.54) is 0 Å². The highest BCUT2D eigenvalue weighted by Gasteiger charge is 2.41. The molecule has 0 aromatic heterocycles. The number of rotatable bonds is 5. The number of hydrogen-bond donors (Lipinski definition) is 2. The topological polar surface area (TPSA) is 66.4 Å². The van der Waals surface area contributed by atoms with Crippen LogP contribution in [0, 0.1) is 0 Å². The van der Waals surface area contributed by atoms with E-state index in [1.807, 2.05) is 18.2 Å². The zero-order valence-electron chi connectivity index (χ0n) is 12.8. The number of benzene rings is 1. The Kier molecular flexibility index (Phi) is 5.46. The van der Waals surface area contributed by atoms with Crippen LogP contribution in [0.1, 0.15) is 51.0 Å². The van der Waals surface area contributed by atoms with Gasteiger partial charge >= 0.3 is 5.97 Å². The molecule has 1 saturated carbocycles. The van der Waals surface area contributed by atoms with Crippen LogP contribution in [-0.2, 0) is 15.0 Å². The van der Waals surface area contributed by atoms with Gasteiger partial charge in [0.05, 0.1) is 11.8 Å². The van der Waals surface area contributed by atoms with E-state index in [2.05, 4.69) is 5.32 Å². The highest BCUT2D eigenvalue weighted by atomic mass is 35.5. The third-order valence-electron chi connectivity index (χ3n) is 4.38. The number of aliphatic carboxylic acids is 1. The molecule has 4 nitrogen and oxygen atoms in total. The summed E-state index contributed by atoms with van der Waals surface area (Å²) in [6.07, 6.45) is 4.59. The summed E-state index contributed by atoms with van der Waals surface area (Å²) >= 11 is 6.10. The number of hydrogen-bond acceptors (Lipinski definition) is 2. The number of amides is 1. The van der Waals surface area contributed by atoms with Crippen LogP contribution in [0.4, 0.5) is 0 Å². The van der Waals surface area contributed by atoms with Gasteiger partial charge in [0.25, 0.3) is 0 Å². The van der Waals surface area contributed by atoms with Crippen LogP contribution in [0.15, 0.2) is 24.3 Å². The summed E-state index contributed by atoms with van der Waals surface area (Å²) in [5.41, 5.74) is 0.343. The molecule has 0 aliphatic heterocycles. The minimum Gasteiger partial charge on any atom is -0.481 e. The van der Waals surface area contributed by atoms with E-state index < -0.39 is 11.4 Å². The normalized spacial score (nSPS) is 18.5. The molecule has 1 fully saturated rings. The number of carboxylic acid groups (broad SMARTS) is 1. The Labute approximate surface area is 135 Å². The maximum Gasteiger partial charge on any atom is 0.305 e. The molecule has 5 heteroatoms. The molecule has 0 heterocycles. The van der Waals surface area contributed by atoms with E-state index >= 15 is 0 Å². The fourth-order valence-electron chi connectivity index (χ4n) is 3.26. The lowest BCUT2D eigenvalue weighted by atomic mass is 9.68. The van der Waals surface area contributed by atoms with Gasteiger partial charge in [0.15, 0.2) is 0 Å². The van der Waals surface area contributed by atoms with E-state index in [0.29, 0.717) is 5.02 Å². The Balaban J connectivity index is 2.25. The molecule has 0 spiro atoms. The van der Waals surface area contributed by atoms with Crippen molar-refractivity contribution in [3.63, 3.8) is 0 Å². The molecule has 120 valence electrons. The molecule has 1 amide bonds. The fourth-order valence-corrected chi connectivity index (χ4v) is 3.45. The second-order valence-electron chi connectivity index (χ2n) is 6.13. The number of halogens is 1. The summed E-state index contributed by atoms with van der Waals surface area (Å²) in [4.78, 5) is 23.7. The van der Waals surface area contributed by atoms with Crippen molar-refractivity contribution >= 4 is 23.5 Å². The molecule has 1 atom stereocenters. The maximum atomic E-state index is 12.9. The number of carboxylic acids is 1. The predicted octanol–water partition coefficient (Wildman–Crippen LogP) is 3.52. The van der Waals surface area contributed by atoms with Gasteiger partial charge in [-0.25, -0.2) is 0 Å². The molecule has 1 aromatic rings. The van der Waals surface area contributed by atoms with Crippen molar-refractivity contribution in [2.45, 2.75) is 56.9 Å². The van der Waals surface area contributed by atoms with Crippen molar-refractivity contribution in [3.05, 3.63) is 34.9 Å². The van der Waals surface area contributed by atoms with Gasteiger partial charge in [-0.05, 0) is 37.5 Å². The van der Waals surface area contributed by atoms with Crippen LogP contribution in [0.2, 0.25) is 5.02 Å². The average Bonchev–Trinajstić information content (AvgIpc) is 2.47. The van der Waals surface area contributed by atoms with Crippen LogP contribution in [0.3, 0.4) is 0 Å². The third kappa shape index (κ3) is 3.80. The third-order valence-corrected chi connectivity index (χ3v) is 4.61. The summed E-state index contributed by atoms with van der Waals surface area (Å²) in [5.74, 6) is -0.989. The van der Waals surface area contributed by atoms with E-state index in [0.717, 1.165) is 37.7 Å². The van der Waals surface area contributed by atoms with Crippen molar-refractivity contribution < 1.29 is 14.7 Å². The highest BCUT2D eigenvalue weighted by Crippen LogP contribution is 2.40. The quantitative estimate of drug-likeness (QED) is 0.871. The Bertz CT molecular complexity index is 553. The van der Waals surface area contributed by atoms with Gasteiger partial charge in [-0.2, -0.15) is 0 Å². The average molecular weight is 324 g/mol. The minimum absolute atomic E-state index is 0.0721. The van der Waals surface area contributed by atoms with Crippen LogP contribution in [-0.4, -0.2) is 23.0 Å². The van der Waals surface area contributed by atoms with Crippen molar-refractivity contribution in [2.75, 3.05) is 0 Å². The van der Waals surface area contributed by atoms with Gasteiger partial charge in [-0.1, -0.05) is 43.0 Å². The second kappa shape index (κ2) is 7.14. The molecule has 0 radical (unpaired) electrons. The molecule has 1 aromatic carbocycles. The van der Waals surface area contributed by atoms with Gasteiger partial charge in [0.2, 0.25) is 5.91 Å². The van der Waals surface area contributed by atoms with Gasteiger partial charge in [-0.3, -0.25) is 9.59 Å². The SMILES string of the molecule is CC(CC(=O)O)NC(=O)C1(c2cccc(Cl)c2)CCCCC1. The van der Waals surface area contributed by atoms with Crippen LogP contribution < -0.4 is 5.32 Å². The van der Waals surface area contributed by atoms with Crippen molar-refractivity contribution in [3.8, 4) is 0 Å². The first-order valence-corrected chi connectivity index (χ1v) is 8.11. The molecular weight excluding hydrogens is 302 g/mol. The Morgan fingerprint density at radius 2 is 2.00 bits per heavy atom. The van der Waals surface area contributed by atoms with Crippen LogP contribution in [0.5, 0.6) is 0 Å². The molecule has 2 N–H and O–H groups in total. The number of nitrogens with one attached hydrogen (secondary N) is 1. The van der Waals surface area contributed by atoms with Crippen LogP contribution >= 0.6 is 11.6 Å². The van der Waals surface area contributed by atoms with Crippen molar-refractivity contribution in [1.82, 2.24) is 5.32 Å². The fraction of sp³-hybridized carbons (Fsp3) is 0.529. The highest BCUT2D eigenvalue weighted by molar-refractivity contribution is 6.30. The lowest BCUT2D eigenvalue weighted by Crippen LogP contribution is -2.49. The van der Waals surface area contributed by atoms with Gasteiger partial charge in [-0.15, -0.1) is 0 Å². The van der Waals surface area contributed by atoms with Crippen molar-refractivity contribution in [2.24, 2.45) is 0 Å². The number of carbonyl (C=O) groups excluding carboxylic acids is 1. The molecule has 1 aliphatic rings. The Morgan fingerprint density at radius 3 is 2.59 bits per heavy atom. The smallest absolute Gasteiger partial charge is 0.305 e. The minimum atomic E-state index is -0.909. The predicted molar refractivity (Wildman–Crippen MR) is 86.1 cm³/mol. The molecule has 2 rings (SSSR count). The zero-order chi connectivity index (χ0) is 16.2. The molecule has 22 heavy (non-hydrogen) atoms. The summed E-state index contributed by atoms with van der Waals surface area (Å²) in [5, 5.41) is 12.4. The Morgan fingerprint density at radius 1 is 1.32 bits per heavy atom. The molecule has 1 aliphatic carbocycles. The molecule has 0 bridgehead atoms. The monoisotopic (exact) mass is 323 g/mol. The van der Waals surface area contributed by atoms with E-state index in [-0.39, 0.29) is 18.4 Å². The second-order valence-corrected chi connectivity index (χ2v) is 6.56. The summed E-state index contributed by atoms with van der Waals surface area (Å²) in [6, 6.07) is 7.07.